The lowest BCUT2D eigenvalue weighted by atomic mass is 10.3. The molecule has 2 heterocycles. The largest absolute Gasteiger partial charge is 0.481 e. The van der Waals surface area contributed by atoms with Crippen molar-refractivity contribution in [2.24, 2.45) is 0 Å². The topological polar surface area (TPSA) is 80.9 Å². The summed E-state index contributed by atoms with van der Waals surface area (Å²) in [7, 11) is 1.23. The number of pyridine rings is 1. The molecule has 0 amide bonds. The Balaban J connectivity index is 2.66. The second kappa shape index (κ2) is 4.66. The molecule has 0 aliphatic heterocycles. The lowest BCUT2D eigenvalue weighted by Crippen LogP contribution is -2.05. The van der Waals surface area contributed by atoms with Gasteiger partial charge < -0.3 is 14.2 Å². The summed E-state index contributed by atoms with van der Waals surface area (Å²) in [5, 5.41) is 9.22. The van der Waals surface area contributed by atoms with E-state index in [1.807, 2.05) is 0 Å². The molecule has 0 saturated heterocycles. The molecule has 0 aromatic carbocycles. The van der Waals surface area contributed by atoms with Crippen LogP contribution in [0, 0.1) is 0 Å². The quantitative estimate of drug-likeness (QED) is 0.851. The number of methoxy groups -OCH3 is 1. The number of nitrogens with zero attached hydrogens (tertiary/aromatic N) is 2. The first-order valence-electron chi connectivity index (χ1n) is 4.99. The fourth-order valence-corrected chi connectivity index (χ4v) is 1.79. The van der Waals surface area contributed by atoms with Gasteiger partial charge in [-0.2, -0.15) is 0 Å². The van der Waals surface area contributed by atoms with Gasteiger partial charge in [-0.3, -0.25) is 4.79 Å². The van der Waals surface area contributed by atoms with Crippen LogP contribution in [0.15, 0.2) is 18.3 Å². The highest BCUT2D eigenvalue weighted by Crippen LogP contribution is 2.19. The number of carboxylic acid groups (broad SMARTS) is 1. The van der Waals surface area contributed by atoms with Crippen molar-refractivity contribution in [2.75, 3.05) is 7.11 Å². The molecule has 0 aliphatic carbocycles. The lowest BCUT2D eigenvalue weighted by Gasteiger charge is -1.99. The molecular weight excluding hydrogens is 260 g/mol. The Morgan fingerprint density at radius 2 is 2.28 bits per heavy atom. The molecule has 2 rings (SSSR count). The SMILES string of the molecule is COC(=O)c1nc(CC(=O)O)n2ccc(Cl)cc12. The molecule has 0 bridgehead atoms. The van der Waals surface area contributed by atoms with Gasteiger partial charge in [0, 0.05) is 11.2 Å². The van der Waals surface area contributed by atoms with Gasteiger partial charge in [0.2, 0.25) is 0 Å². The number of aromatic nitrogens is 2. The Labute approximate surface area is 107 Å². The van der Waals surface area contributed by atoms with Gasteiger partial charge in [0.1, 0.15) is 12.2 Å². The summed E-state index contributed by atoms with van der Waals surface area (Å²) >= 11 is 5.84. The van der Waals surface area contributed by atoms with Gasteiger partial charge >= 0.3 is 11.9 Å². The van der Waals surface area contributed by atoms with Gasteiger partial charge in [0.05, 0.1) is 12.6 Å². The van der Waals surface area contributed by atoms with E-state index >= 15 is 0 Å². The highest BCUT2D eigenvalue weighted by Gasteiger charge is 2.19. The van der Waals surface area contributed by atoms with Crippen molar-refractivity contribution in [2.45, 2.75) is 6.42 Å². The van der Waals surface area contributed by atoms with E-state index in [2.05, 4.69) is 9.72 Å². The molecule has 7 heteroatoms. The van der Waals surface area contributed by atoms with Crippen molar-refractivity contribution in [3.63, 3.8) is 0 Å². The van der Waals surface area contributed by atoms with Gasteiger partial charge in [-0.15, -0.1) is 0 Å². The van der Waals surface area contributed by atoms with E-state index in [9.17, 15) is 9.59 Å². The van der Waals surface area contributed by atoms with Crippen LogP contribution >= 0.6 is 11.6 Å². The lowest BCUT2D eigenvalue weighted by molar-refractivity contribution is -0.136. The van der Waals surface area contributed by atoms with E-state index in [1.165, 1.54) is 17.6 Å². The second-order valence-corrected chi connectivity index (χ2v) is 3.98. The van der Waals surface area contributed by atoms with Crippen molar-refractivity contribution in [1.82, 2.24) is 9.38 Å². The van der Waals surface area contributed by atoms with Gasteiger partial charge in [-0.25, -0.2) is 9.78 Å². The number of carbonyl (C=O) groups excluding carboxylic acids is 1. The standard InChI is InChI=1S/C11H9ClN2O4/c1-18-11(17)10-7-4-6(12)2-3-14(7)8(13-10)5-9(15)16/h2-4H,5H2,1H3,(H,15,16). The van der Waals surface area contributed by atoms with E-state index in [0.29, 0.717) is 10.5 Å². The number of aliphatic carboxylic acids is 1. The third-order valence-corrected chi connectivity index (χ3v) is 2.60. The van der Waals surface area contributed by atoms with Crippen LogP contribution in [0.3, 0.4) is 0 Å². The molecule has 6 nitrogen and oxygen atoms in total. The van der Waals surface area contributed by atoms with E-state index in [4.69, 9.17) is 16.7 Å². The van der Waals surface area contributed by atoms with Crippen molar-refractivity contribution >= 4 is 29.1 Å². The first-order valence-corrected chi connectivity index (χ1v) is 5.37. The van der Waals surface area contributed by atoms with E-state index < -0.39 is 11.9 Å². The minimum atomic E-state index is -1.03. The van der Waals surface area contributed by atoms with Crippen molar-refractivity contribution in [1.29, 1.82) is 0 Å². The van der Waals surface area contributed by atoms with Crippen LogP contribution in [0.1, 0.15) is 16.3 Å². The molecule has 0 spiro atoms. The third-order valence-electron chi connectivity index (χ3n) is 2.37. The van der Waals surface area contributed by atoms with Crippen LogP contribution in [-0.4, -0.2) is 33.5 Å². The highest BCUT2D eigenvalue weighted by molar-refractivity contribution is 6.31. The molecule has 0 atom stereocenters. The fourth-order valence-electron chi connectivity index (χ4n) is 1.63. The van der Waals surface area contributed by atoms with E-state index in [1.54, 1.807) is 12.3 Å². The summed E-state index contributed by atoms with van der Waals surface area (Å²) in [6.45, 7) is 0. The van der Waals surface area contributed by atoms with Gasteiger partial charge in [-0.05, 0) is 12.1 Å². The number of rotatable bonds is 3. The number of imidazole rings is 1. The summed E-state index contributed by atoms with van der Waals surface area (Å²) in [6, 6.07) is 3.12. The number of ether oxygens (including phenoxy) is 1. The fraction of sp³-hybridized carbons (Fsp3) is 0.182. The van der Waals surface area contributed by atoms with Crippen LogP contribution < -0.4 is 0 Å². The molecule has 0 fully saturated rings. The van der Waals surface area contributed by atoms with Crippen LogP contribution in [0.5, 0.6) is 0 Å². The third kappa shape index (κ3) is 2.14. The zero-order chi connectivity index (χ0) is 13.3. The van der Waals surface area contributed by atoms with Gasteiger partial charge in [0.25, 0.3) is 0 Å². The maximum atomic E-state index is 11.5. The summed E-state index contributed by atoms with van der Waals surface area (Å²) in [5.74, 6) is -1.42. The maximum Gasteiger partial charge on any atom is 0.358 e. The predicted octanol–water partition coefficient (Wildman–Crippen LogP) is 1.40. The van der Waals surface area contributed by atoms with E-state index in [-0.39, 0.29) is 17.9 Å². The van der Waals surface area contributed by atoms with Crippen LogP contribution in [0.4, 0.5) is 0 Å². The minimum Gasteiger partial charge on any atom is -0.481 e. The summed E-state index contributed by atoms with van der Waals surface area (Å²) < 4.78 is 6.10. The molecule has 18 heavy (non-hydrogen) atoms. The van der Waals surface area contributed by atoms with Crippen molar-refractivity contribution in [3.8, 4) is 0 Å². The predicted molar refractivity (Wildman–Crippen MR) is 62.9 cm³/mol. The molecule has 94 valence electrons. The molecule has 1 N–H and O–H groups in total. The van der Waals surface area contributed by atoms with Crippen molar-refractivity contribution in [3.05, 3.63) is 34.9 Å². The minimum absolute atomic E-state index is 0.0521. The first kappa shape index (κ1) is 12.4. The van der Waals surface area contributed by atoms with Gasteiger partial charge in [0.15, 0.2) is 5.69 Å². The molecule has 2 aromatic heterocycles. The average molecular weight is 269 g/mol. The Hall–Kier alpha value is -2.08. The Morgan fingerprint density at radius 3 is 2.89 bits per heavy atom. The Bertz CT molecular complexity index is 635. The van der Waals surface area contributed by atoms with Crippen molar-refractivity contribution < 1.29 is 19.4 Å². The maximum absolute atomic E-state index is 11.5. The zero-order valence-corrected chi connectivity index (χ0v) is 10.1. The number of carbonyl (C=O) groups is 2. The normalized spacial score (nSPS) is 10.6. The smallest absolute Gasteiger partial charge is 0.358 e. The van der Waals surface area contributed by atoms with Crippen LogP contribution in [-0.2, 0) is 16.0 Å². The summed E-state index contributed by atoms with van der Waals surface area (Å²) in [6.07, 6.45) is 1.27. The molecular formula is C11H9ClN2O4. The number of hydrogen-bond donors (Lipinski definition) is 1. The number of halogens is 1. The Kier molecular flexibility index (Phi) is 3.20. The molecule has 0 unspecified atom stereocenters. The molecule has 0 radical (unpaired) electrons. The number of hydrogen-bond acceptors (Lipinski definition) is 4. The van der Waals surface area contributed by atoms with E-state index in [0.717, 1.165) is 0 Å². The zero-order valence-electron chi connectivity index (χ0n) is 9.38. The molecule has 2 aromatic rings. The molecule has 0 aliphatic rings. The summed E-state index contributed by atoms with van der Waals surface area (Å²) in [5.41, 5.74) is 0.474. The number of esters is 1. The number of fused-ring (bicyclic) bond motifs is 1. The summed E-state index contributed by atoms with van der Waals surface area (Å²) in [4.78, 5) is 26.3. The van der Waals surface area contributed by atoms with Crippen LogP contribution in [0.25, 0.3) is 5.52 Å². The second-order valence-electron chi connectivity index (χ2n) is 3.54. The highest BCUT2D eigenvalue weighted by atomic mass is 35.5. The first-order chi connectivity index (χ1) is 8.52. The van der Waals surface area contributed by atoms with Gasteiger partial charge in [-0.1, -0.05) is 11.6 Å². The average Bonchev–Trinajstić information content (AvgIpc) is 2.65. The molecule has 0 saturated carbocycles. The Morgan fingerprint density at radius 1 is 1.56 bits per heavy atom. The number of carboxylic acids is 1. The van der Waals surface area contributed by atoms with Crippen LogP contribution in [0.2, 0.25) is 5.02 Å². The monoisotopic (exact) mass is 268 g/mol.